The van der Waals surface area contributed by atoms with E-state index in [2.05, 4.69) is 38.8 Å². The molecule has 1 atom stereocenters. The monoisotopic (exact) mass is 372 g/mol. The van der Waals surface area contributed by atoms with Crippen molar-refractivity contribution in [1.29, 1.82) is 0 Å². The fraction of sp³-hybridized carbons (Fsp3) is 0.600. The van der Waals surface area contributed by atoms with E-state index in [1.165, 1.54) is 42.1 Å². The number of anilines is 1. The highest BCUT2D eigenvalue weighted by atomic mass is 32.1. The first kappa shape index (κ1) is 17.9. The maximum atomic E-state index is 5.51. The number of ether oxygens (including phenoxy) is 1. The molecule has 0 saturated carbocycles. The van der Waals surface area contributed by atoms with Gasteiger partial charge in [0, 0.05) is 42.3 Å². The molecule has 26 heavy (non-hydrogen) atoms. The van der Waals surface area contributed by atoms with Gasteiger partial charge in [-0.05, 0) is 62.9 Å². The Kier molecular flexibility index (Phi) is 5.25. The highest BCUT2D eigenvalue weighted by Crippen LogP contribution is 2.44. The number of aromatic nitrogens is 2. The lowest BCUT2D eigenvalue weighted by Crippen LogP contribution is -2.41. The second-order valence-corrected chi connectivity index (χ2v) is 9.15. The van der Waals surface area contributed by atoms with E-state index in [0.717, 1.165) is 25.6 Å². The van der Waals surface area contributed by atoms with Crippen LogP contribution in [0.15, 0.2) is 30.6 Å². The number of aryl methyl sites for hydroxylation is 1. The van der Waals surface area contributed by atoms with Crippen LogP contribution in [0.25, 0.3) is 0 Å². The predicted molar refractivity (Wildman–Crippen MR) is 106 cm³/mol. The summed E-state index contributed by atoms with van der Waals surface area (Å²) < 4.78 is 5.51. The Morgan fingerprint density at radius 3 is 2.65 bits per heavy atom. The number of piperidine rings is 1. The first-order valence-corrected chi connectivity index (χ1v) is 10.3. The molecule has 6 heteroatoms. The zero-order valence-electron chi connectivity index (χ0n) is 15.7. The van der Waals surface area contributed by atoms with E-state index in [1.54, 1.807) is 7.11 Å². The molecule has 0 N–H and O–H groups in total. The number of hydrogen-bond acceptors (Lipinski definition) is 6. The molecule has 2 saturated heterocycles. The zero-order valence-corrected chi connectivity index (χ0v) is 16.5. The number of nitrogens with zero attached hydrogens (tertiary/aromatic N) is 4. The van der Waals surface area contributed by atoms with Crippen LogP contribution in [-0.2, 0) is 11.3 Å². The Morgan fingerprint density at radius 1 is 1.23 bits per heavy atom. The molecule has 5 nitrogen and oxygen atoms in total. The van der Waals surface area contributed by atoms with Crippen LogP contribution in [0, 0.1) is 12.3 Å². The van der Waals surface area contributed by atoms with Gasteiger partial charge in [0.2, 0.25) is 5.95 Å². The molecular weight excluding hydrogens is 344 g/mol. The summed E-state index contributed by atoms with van der Waals surface area (Å²) in [5.74, 6) is 0.850. The molecule has 2 fully saturated rings. The third-order valence-electron chi connectivity index (χ3n) is 5.88. The van der Waals surface area contributed by atoms with E-state index in [4.69, 9.17) is 4.74 Å². The van der Waals surface area contributed by atoms with Crippen molar-refractivity contribution in [1.82, 2.24) is 14.9 Å². The van der Waals surface area contributed by atoms with E-state index in [-0.39, 0.29) is 0 Å². The molecule has 2 aromatic heterocycles. The van der Waals surface area contributed by atoms with Crippen LogP contribution in [0.2, 0.25) is 0 Å². The fourth-order valence-corrected chi connectivity index (χ4v) is 5.45. The Bertz CT molecular complexity index is 712. The lowest BCUT2D eigenvalue weighted by atomic mass is 9.76. The maximum absolute atomic E-state index is 5.51. The van der Waals surface area contributed by atoms with Gasteiger partial charge in [-0.2, -0.15) is 0 Å². The van der Waals surface area contributed by atoms with E-state index >= 15 is 0 Å². The molecule has 140 valence electrons. The summed E-state index contributed by atoms with van der Waals surface area (Å²) >= 11 is 1.93. The predicted octanol–water partition coefficient (Wildman–Crippen LogP) is 3.35. The minimum absolute atomic E-state index is 0.379. The van der Waals surface area contributed by atoms with Gasteiger partial charge in [-0.15, -0.1) is 11.3 Å². The quantitative estimate of drug-likeness (QED) is 0.805. The largest absolute Gasteiger partial charge is 0.383 e. The molecule has 4 rings (SSSR count). The van der Waals surface area contributed by atoms with Gasteiger partial charge in [-0.3, -0.25) is 4.90 Å². The van der Waals surface area contributed by atoms with Crippen LogP contribution < -0.4 is 4.90 Å². The topological polar surface area (TPSA) is 41.5 Å². The van der Waals surface area contributed by atoms with Gasteiger partial charge in [0.15, 0.2) is 0 Å². The molecule has 1 spiro atoms. The van der Waals surface area contributed by atoms with E-state index < -0.39 is 0 Å². The Hall–Kier alpha value is -1.50. The molecule has 0 bridgehead atoms. The van der Waals surface area contributed by atoms with Gasteiger partial charge < -0.3 is 9.64 Å². The lowest BCUT2D eigenvalue weighted by Gasteiger charge is -2.39. The van der Waals surface area contributed by atoms with E-state index in [9.17, 15) is 0 Å². The van der Waals surface area contributed by atoms with E-state index in [0.29, 0.717) is 11.5 Å². The standard InChI is InChI=1S/C20H28N4OS/c1-16-4-5-18(26-16)13-23-10-6-20(7-11-23)12-17(14-25-2)24(15-20)19-21-8-3-9-22-19/h3-5,8-9,17H,6-7,10-15H2,1-2H3. The van der Waals surface area contributed by atoms with Crippen molar-refractivity contribution in [3.8, 4) is 0 Å². The van der Waals surface area contributed by atoms with Crippen molar-refractivity contribution in [3.05, 3.63) is 40.3 Å². The highest BCUT2D eigenvalue weighted by Gasteiger charge is 2.46. The third-order valence-corrected chi connectivity index (χ3v) is 6.86. The first-order valence-electron chi connectivity index (χ1n) is 9.48. The molecule has 2 aliphatic rings. The number of rotatable bonds is 5. The van der Waals surface area contributed by atoms with Crippen LogP contribution in [0.5, 0.6) is 0 Å². The summed E-state index contributed by atoms with van der Waals surface area (Å²) in [5.41, 5.74) is 0.379. The number of likely N-dealkylation sites (tertiary alicyclic amines) is 1. The van der Waals surface area contributed by atoms with Crippen molar-refractivity contribution in [2.45, 2.75) is 38.8 Å². The van der Waals surface area contributed by atoms with Crippen LogP contribution in [0.4, 0.5) is 5.95 Å². The average molecular weight is 373 g/mol. The summed E-state index contributed by atoms with van der Waals surface area (Å²) in [6, 6.07) is 6.78. The smallest absolute Gasteiger partial charge is 0.225 e. The molecule has 0 aromatic carbocycles. The minimum atomic E-state index is 0.379. The first-order chi connectivity index (χ1) is 12.7. The molecule has 0 amide bonds. The molecule has 1 unspecified atom stereocenters. The van der Waals surface area contributed by atoms with Crippen molar-refractivity contribution < 1.29 is 4.74 Å². The molecule has 0 radical (unpaired) electrons. The molecule has 2 aromatic rings. The Labute approximate surface area is 160 Å². The summed E-state index contributed by atoms with van der Waals surface area (Å²) in [6.45, 7) is 7.45. The second-order valence-electron chi connectivity index (χ2n) is 7.78. The van der Waals surface area contributed by atoms with Gasteiger partial charge in [0.25, 0.3) is 0 Å². The Balaban J connectivity index is 1.41. The molecule has 4 heterocycles. The van der Waals surface area contributed by atoms with Gasteiger partial charge >= 0.3 is 0 Å². The zero-order chi connectivity index (χ0) is 18.0. The SMILES string of the molecule is COCC1CC2(CCN(Cc3ccc(C)s3)CC2)CN1c1ncccn1. The molecule has 0 aliphatic carbocycles. The normalized spacial score (nSPS) is 23.0. The van der Waals surface area contributed by atoms with Crippen molar-refractivity contribution >= 4 is 17.3 Å². The number of thiophene rings is 1. The van der Waals surface area contributed by atoms with Crippen molar-refractivity contribution in [3.63, 3.8) is 0 Å². The van der Waals surface area contributed by atoms with Gasteiger partial charge in [-0.1, -0.05) is 0 Å². The van der Waals surface area contributed by atoms with E-state index in [1.807, 2.05) is 29.8 Å². The minimum Gasteiger partial charge on any atom is -0.383 e. The highest BCUT2D eigenvalue weighted by molar-refractivity contribution is 7.11. The fourth-order valence-electron chi connectivity index (χ4n) is 4.52. The van der Waals surface area contributed by atoms with Gasteiger partial charge in [-0.25, -0.2) is 9.97 Å². The van der Waals surface area contributed by atoms with Crippen LogP contribution in [0.3, 0.4) is 0 Å². The second kappa shape index (κ2) is 7.62. The molecule has 2 aliphatic heterocycles. The van der Waals surface area contributed by atoms with Crippen LogP contribution in [0.1, 0.15) is 29.0 Å². The van der Waals surface area contributed by atoms with Gasteiger partial charge in [0.05, 0.1) is 12.6 Å². The van der Waals surface area contributed by atoms with Crippen molar-refractivity contribution in [2.24, 2.45) is 5.41 Å². The molecular formula is C20H28N4OS. The third kappa shape index (κ3) is 3.77. The van der Waals surface area contributed by atoms with Crippen molar-refractivity contribution in [2.75, 3.05) is 38.3 Å². The summed E-state index contributed by atoms with van der Waals surface area (Å²) in [6.07, 6.45) is 7.36. The van der Waals surface area contributed by atoms with Gasteiger partial charge in [0.1, 0.15) is 0 Å². The van der Waals surface area contributed by atoms with Crippen LogP contribution >= 0.6 is 11.3 Å². The maximum Gasteiger partial charge on any atom is 0.225 e. The Morgan fingerprint density at radius 2 is 2.00 bits per heavy atom. The summed E-state index contributed by atoms with van der Waals surface area (Å²) in [7, 11) is 1.79. The summed E-state index contributed by atoms with van der Waals surface area (Å²) in [5, 5.41) is 0. The number of methoxy groups -OCH3 is 1. The lowest BCUT2D eigenvalue weighted by molar-refractivity contribution is 0.106. The summed E-state index contributed by atoms with van der Waals surface area (Å²) in [4.78, 5) is 16.9. The average Bonchev–Trinajstić information content (AvgIpc) is 3.22. The number of hydrogen-bond donors (Lipinski definition) is 0. The van der Waals surface area contributed by atoms with Crippen LogP contribution in [-0.4, -0.2) is 54.3 Å².